The van der Waals surface area contributed by atoms with Crippen molar-refractivity contribution in [2.75, 3.05) is 31.1 Å². The summed E-state index contributed by atoms with van der Waals surface area (Å²) < 4.78 is 1.80. The lowest BCUT2D eigenvalue weighted by molar-refractivity contribution is -0.132. The van der Waals surface area contributed by atoms with E-state index >= 15 is 0 Å². The second-order valence-electron chi connectivity index (χ2n) is 10.6. The van der Waals surface area contributed by atoms with E-state index in [1.165, 1.54) is 5.56 Å². The molecule has 1 aliphatic heterocycles. The maximum Gasteiger partial charge on any atom is 0.230 e. The van der Waals surface area contributed by atoms with Gasteiger partial charge in [-0.1, -0.05) is 48.0 Å². The van der Waals surface area contributed by atoms with Gasteiger partial charge in [0.2, 0.25) is 11.8 Å². The van der Waals surface area contributed by atoms with Gasteiger partial charge in [0.05, 0.1) is 12.2 Å². The van der Waals surface area contributed by atoms with E-state index in [1.54, 1.807) is 4.68 Å². The van der Waals surface area contributed by atoms with Crippen molar-refractivity contribution in [3.05, 3.63) is 76.3 Å². The predicted molar refractivity (Wildman–Crippen MR) is 152 cm³/mol. The SMILES string of the molecule is Cc1nc(C)n(CCC(=O)N2CCN(Cc3ccccc3)CCCN(C(=O)C3CC3)c3cc(Cl)ccc3C2)n1. The van der Waals surface area contributed by atoms with E-state index in [-0.39, 0.29) is 17.7 Å². The topological polar surface area (TPSA) is 74.6 Å². The second kappa shape index (κ2) is 12.3. The van der Waals surface area contributed by atoms with Gasteiger partial charge in [-0.3, -0.25) is 14.5 Å². The number of carbonyl (C=O) groups excluding carboxylic acids is 2. The first kappa shape index (κ1) is 27.3. The van der Waals surface area contributed by atoms with E-state index in [4.69, 9.17) is 11.6 Å². The Kier molecular flexibility index (Phi) is 8.63. The molecule has 1 aromatic heterocycles. The zero-order valence-corrected chi connectivity index (χ0v) is 23.6. The van der Waals surface area contributed by atoms with Gasteiger partial charge in [0.15, 0.2) is 0 Å². The number of aromatic nitrogens is 3. The molecule has 0 spiro atoms. The van der Waals surface area contributed by atoms with Crippen LogP contribution in [0.5, 0.6) is 0 Å². The standard InChI is InChI=1S/C30H37ClN6O2/c1-22-32-23(2)37(33-22)16-13-29(38)35-18-17-34(20-24-7-4-3-5-8-24)14-6-15-36(30(39)25-9-10-25)28-19-27(31)12-11-26(28)21-35/h3-5,7-8,11-12,19,25H,6,9-10,13-18,20-21H2,1-2H3. The van der Waals surface area contributed by atoms with E-state index < -0.39 is 0 Å². The lowest BCUT2D eigenvalue weighted by Gasteiger charge is -2.28. The van der Waals surface area contributed by atoms with E-state index in [0.29, 0.717) is 43.4 Å². The third kappa shape index (κ3) is 7.05. The third-order valence-corrected chi connectivity index (χ3v) is 7.77. The molecule has 0 atom stereocenters. The van der Waals surface area contributed by atoms with E-state index in [9.17, 15) is 9.59 Å². The van der Waals surface area contributed by atoms with Crippen molar-refractivity contribution < 1.29 is 9.59 Å². The summed E-state index contributed by atoms with van der Waals surface area (Å²) in [6.45, 7) is 8.29. The Balaban J connectivity index is 1.42. The molecule has 1 aliphatic carbocycles. The maximum absolute atomic E-state index is 13.7. The first-order valence-corrected chi connectivity index (χ1v) is 14.3. The number of nitrogens with zero attached hydrogens (tertiary/aromatic N) is 6. The molecule has 5 rings (SSSR count). The zero-order valence-electron chi connectivity index (χ0n) is 22.9. The summed E-state index contributed by atoms with van der Waals surface area (Å²) in [4.78, 5) is 37.7. The van der Waals surface area contributed by atoms with Crippen LogP contribution in [-0.4, -0.2) is 62.6 Å². The summed E-state index contributed by atoms with van der Waals surface area (Å²) in [6, 6.07) is 16.1. The number of anilines is 1. The molecule has 8 nitrogen and oxygen atoms in total. The molecule has 2 aliphatic rings. The molecule has 206 valence electrons. The molecular formula is C30H37ClN6O2. The van der Waals surface area contributed by atoms with Gasteiger partial charge in [-0.05, 0) is 56.4 Å². The Morgan fingerprint density at radius 3 is 2.51 bits per heavy atom. The average molecular weight is 549 g/mol. The number of fused-ring (bicyclic) bond motifs is 1. The molecule has 9 heteroatoms. The minimum absolute atomic E-state index is 0.0578. The highest BCUT2D eigenvalue weighted by atomic mass is 35.5. The van der Waals surface area contributed by atoms with Crippen molar-refractivity contribution in [2.24, 2.45) is 5.92 Å². The fourth-order valence-corrected chi connectivity index (χ4v) is 5.44. The highest BCUT2D eigenvalue weighted by Gasteiger charge is 2.35. The van der Waals surface area contributed by atoms with Gasteiger partial charge in [0.25, 0.3) is 0 Å². The normalized spacial score (nSPS) is 17.0. The van der Waals surface area contributed by atoms with Gasteiger partial charge >= 0.3 is 0 Å². The van der Waals surface area contributed by atoms with Crippen LogP contribution in [0, 0.1) is 19.8 Å². The molecule has 1 saturated carbocycles. The number of hydrogen-bond donors (Lipinski definition) is 0. The van der Waals surface area contributed by atoms with E-state index in [0.717, 1.165) is 56.0 Å². The lowest BCUT2D eigenvalue weighted by atomic mass is 10.1. The average Bonchev–Trinajstić information content (AvgIpc) is 3.72. The van der Waals surface area contributed by atoms with Gasteiger partial charge in [-0.2, -0.15) is 5.10 Å². The van der Waals surface area contributed by atoms with Gasteiger partial charge in [-0.15, -0.1) is 0 Å². The Labute approximate surface area is 235 Å². The van der Waals surface area contributed by atoms with E-state index in [2.05, 4.69) is 39.2 Å². The quantitative estimate of drug-likeness (QED) is 0.449. The number of benzene rings is 2. The highest BCUT2D eigenvalue weighted by Crippen LogP contribution is 2.35. The van der Waals surface area contributed by atoms with Crippen molar-refractivity contribution in [3.8, 4) is 0 Å². The third-order valence-electron chi connectivity index (χ3n) is 7.54. The molecule has 2 heterocycles. The van der Waals surface area contributed by atoms with Crippen molar-refractivity contribution in [2.45, 2.75) is 59.2 Å². The van der Waals surface area contributed by atoms with Crippen LogP contribution in [-0.2, 0) is 29.2 Å². The van der Waals surface area contributed by atoms with Gasteiger partial charge in [0, 0.05) is 56.6 Å². The van der Waals surface area contributed by atoms with Crippen molar-refractivity contribution >= 4 is 29.1 Å². The Morgan fingerprint density at radius 1 is 1.00 bits per heavy atom. The fraction of sp³-hybridized carbons (Fsp3) is 0.467. The Morgan fingerprint density at radius 2 is 1.79 bits per heavy atom. The summed E-state index contributed by atoms with van der Waals surface area (Å²) >= 11 is 6.45. The zero-order chi connectivity index (χ0) is 27.4. The van der Waals surface area contributed by atoms with Gasteiger partial charge < -0.3 is 9.80 Å². The number of rotatable bonds is 6. The first-order chi connectivity index (χ1) is 18.9. The summed E-state index contributed by atoms with van der Waals surface area (Å²) in [7, 11) is 0. The molecule has 2 aromatic carbocycles. The van der Waals surface area contributed by atoms with Crippen molar-refractivity contribution in [3.63, 3.8) is 0 Å². The molecule has 1 fully saturated rings. The molecule has 0 bridgehead atoms. The van der Waals surface area contributed by atoms with E-state index in [1.807, 2.05) is 47.9 Å². The van der Waals surface area contributed by atoms with Crippen molar-refractivity contribution in [1.29, 1.82) is 0 Å². The van der Waals surface area contributed by atoms with Crippen LogP contribution in [0.3, 0.4) is 0 Å². The van der Waals surface area contributed by atoms with Crippen molar-refractivity contribution in [1.82, 2.24) is 24.6 Å². The largest absolute Gasteiger partial charge is 0.337 e. The molecule has 0 saturated heterocycles. The second-order valence-corrected chi connectivity index (χ2v) is 11.1. The minimum Gasteiger partial charge on any atom is -0.337 e. The summed E-state index contributed by atoms with van der Waals surface area (Å²) in [5.74, 6) is 1.83. The van der Waals surface area contributed by atoms with Crippen LogP contribution >= 0.6 is 11.6 Å². The molecule has 3 aromatic rings. The van der Waals surface area contributed by atoms with Gasteiger partial charge in [0.1, 0.15) is 11.6 Å². The Bertz CT molecular complexity index is 1310. The monoisotopic (exact) mass is 548 g/mol. The minimum atomic E-state index is 0.0578. The molecular weight excluding hydrogens is 512 g/mol. The maximum atomic E-state index is 13.7. The molecule has 2 amide bonds. The predicted octanol–water partition coefficient (Wildman–Crippen LogP) is 4.62. The highest BCUT2D eigenvalue weighted by molar-refractivity contribution is 6.31. The first-order valence-electron chi connectivity index (χ1n) is 13.9. The van der Waals surface area contributed by atoms with Gasteiger partial charge in [-0.25, -0.2) is 9.67 Å². The van der Waals surface area contributed by atoms with Crippen LogP contribution in [0.25, 0.3) is 0 Å². The fourth-order valence-electron chi connectivity index (χ4n) is 5.28. The smallest absolute Gasteiger partial charge is 0.230 e. The number of halogens is 1. The van der Waals surface area contributed by atoms with Crippen LogP contribution < -0.4 is 4.90 Å². The van der Waals surface area contributed by atoms with Crippen LogP contribution in [0.15, 0.2) is 48.5 Å². The molecule has 0 radical (unpaired) electrons. The Hall–Kier alpha value is -3.23. The summed E-state index contributed by atoms with van der Waals surface area (Å²) in [5, 5.41) is 5.02. The van der Waals surface area contributed by atoms with Crippen LogP contribution in [0.2, 0.25) is 5.02 Å². The van der Waals surface area contributed by atoms with Crippen LogP contribution in [0.1, 0.15) is 48.5 Å². The number of aryl methyl sites for hydroxylation is 3. The summed E-state index contributed by atoms with van der Waals surface area (Å²) in [5.41, 5.74) is 3.02. The molecule has 0 unspecified atom stereocenters. The summed E-state index contributed by atoms with van der Waals surface area (Å²) in [6.07, 6.45) is 3.06. The number of hydrogen-bond acceptors (Lipinski definition) is 5. The van der Waals surface area contributed by atoms with Crippen LogP contribution in [0.4, 0.5) is 5.69 Å². The molecule has 0 N–H and O–H groups in total. The number of carbonyl (C=O) groups is 2. The number of amides is 2. The molecule has 39 heavy (non-hydrogen) atoms. The lowest BCUT2D eigenvalue weighted by Crippen LogP contribution is -2.39.